The molecule has 0 unspecified atom stereocenters. The summed E-state index contributed by atoms with van der Waals surface area (Å²) in [6, 6.07) is 27.6. The molecule has 0 amide bonds. The maximum atomic E-state index is 9.56. The molecule has 0 saturated carbocycles. The summed E-state index contributed by atoms with van der Waals surface area (Å²) in [5.74, 6) is 3.08. The van der Waals surface area contributed by atoms with Gasteiger partial charge in [-0.15, -0.1) is 11.6 Å². The van der Waals surface area contributed by atoms with Crippen molar-refractivity contribution in [3.63, 3.8) is 0 Å². The van der Waals surface area contributed by atoms with Crippen molar-refractivity contribution in [1.29, 1.82) is 0 Å². The summed E-state index contributed by atoms with van der Waals surface area (Å²) in [6.45, 7) is 15.6. The first-order valence-electron chi connectivity index (χ1n) is 23.6. The van der Waals surface area contributed by atoms with Crippen molar-refractivity contribution in [2.75, 3.05) is 107 Å². The highest BCUT2D eigenvalue weighted by atomic mass is 35.5. The van der Waals surface area contributed by atoms with Crippen LogP contribution in [-0.4, -0.2) is 157 Å². The Morgan fingerprint density at radius 3 is 1.04 bits per heavy atom. The van der Waals surface area contributed by atoms with E-state index in [0.29, 0.717) is 11.6 Å². The first-order chi connectivity index (χ1) is 34.0. The smallest absolute Gasteiger partial charge is 0.161 e. The number of alkyl halides is 1. The fourth-order valence-electron chi connectivity index (χ4n) is 8.18. The number of halogens is 1. The van der Waals surface area contributed by atoms with Gasteiger partial charge < -0.3 is 60.2 Å². The number of piperazine rings is 3. The third-order valence-corrected chi connectivity index (χ3v) is 12.5. The van der Waals surface area contributed by atoms with Gasteiger partial charge in [-0.2, -0.15) is 0 Å². The number of benzene rings is 5. The summed E-state index contributed by atoms with van der Waals surface area (Å²) < 4.78 is 21.2. The van der Waals surface area contributed by atoms with Crippen molar-refractivity contribution in [3.8, 4) is 46.0 Å². The summed E-state index contributed by atoms with van der Waals surface area (Å²) in [5.41, 5.74) is 6.99. The highest BCUT2D eigenvalue weighted by Gasteiger charge is 2.20. The second-order valence-corrected chi connectivity index (χ2v) is 17.4. The fraction of sp³-hybridized carbons (Fsp3) is 0.434. The van der Waals surface area contributed by atoms with Crippen LogP contribution in [0.3, 0.4) is 0 Å². The Morgan fingerprint density at radius 2 is 0.714 bits per heavy atom. The molecule has 16 nitrogen and oxygen atoms in total. The van der Waals surface area contributed by atoms with Crippen LogP contribution in [0.15, 0.2) is 91.0 Å². The van der Waals surface area contributed by atoms with Crippen molar-refractivity contribution in [2.24, 2.45) is 0 Å². The Balaban J connectivity index is 0.000000195. The molecule has 3 aliphatic rings. The lowest BCUT2D eigenvalue weighted by Gasteiger charge is -2.35. The van der Waals surface area contributed by atoms with Gasteiger partial charge in [-0.3, -0.25) is 19.6 Å². The van der Waals surface area contributed by atoms with Gasteiger partial charge in [0.05, 0.1) is 41.7 Å². The molecule has 0 spiro atoms. The minimum Gasteiger partial charge on any atom is -0.504 e. The molecular formula is C53H73ClN6O10. The molecule has 0 bridgehead atoms. The van der Waals surface area contributed by atoms with Crippen molar-refractivity contribution in [1.82, 2.24) is 30.2 Å². The van der Waals surface area contributed by atoms with E-state index in [1.165, 1.54) is 23.3 Å². The van der Waals surface area contributed by atoms with Gasteiger partial charge in [-0.05, 0) is 76.3 Å². The van der Waals surface area contributed by atoms with Crippen LogP contribution in [0.25, 0.3) is 0 Å². The molecule has 3 heterocycles. The molecule has 3 saturated heterocycles. The minimum absolute atomic E-state index is 0.00171. The lowest BCUT2D eigenvalue weighted by molar-refractivity contribution is 0.122. The number of aromatic hydroxyl groups is 4. The normalized spacial score (nSPS) is 15.5. The van der Waals surface area contributed by atoms with E-state index in [0.717, 1.165) is 150 Å². The largest absolute Gasteiger partial charge is 0.504 e. The van der Waals surface area contributed by atoms with Gasteiger partial charge in [0.1, 0.15) is 11.5 Å². The van der Waals surface area contributed by atoms with Crippen LogP contribution in [0, 0.1) is 0 Å². The van der Waals surface area contributed by atoms with Crippen LogP contribution >= 0.6 is 11.6 Å². The third kappa shape index (κ3) is 17.7. The molecule has 8 rings (SSSR count). The minimum atomic E-state index is -0.0966. The molecule has 17 heteroatoms. The molecule has 3 aliphatic heterocycles. The van der Waals surface area contributed by atoms with E-state index in [2.05, 4.69) is 48.4 Å². The fourth-order valence-corrected chi connectivity index (χ4v) is 8.35. The molecule has 0 atom stereocenters. The number of hydrogen-bond donors (Lipinski definition) is 8. The van der Waals surface area contributed by atoms with E-state index in [1.807, 2.05) is 48.5 Å². The second-order valence-electron chi connectivity index (χ2n) is 17.2. The molecule has 5 aromatic carbocycles. The van der Waals surface area contributed by atoms with Gasteiger partial charge in [0.15, 0.2) is 34.5 Å². The van der Waals surface area contributed by atoms with Crippen molar-refractivity contribution in [3.05, 3.63) is 130 Å². The quantitative estimate of drug-likeness (QED) is 0.0487. The van der Waals surface area contributed by atoms with E-state index in [-0.39, 0.29) is 36.2 Å². The number of ether oxygens (including phenoxy) is 4. The Hall–Kier alpha value is -5.53. The standard InChI is InChI=1S/C22H30N2O4.C18H22N2O4.C9H11ClO2.C4H10N2/c1-26-20-7-5-18(13-22(20)28-3)15-24-10-8-23(9-11-24)14-17-4-6-19(16-25)21(12-17)27-2;21-15-3-1-13(9-17(15)23)11-19-5-7-20(8-6-19)12-14-2-4-16(22)18(24)10-14;1-12-9-4-7(5-10)2-3-8(9)6-11;1-2-6-4-3-5-1/h4-7,12-13,25H,8-11,14-16H2,1-3H3;1-4,9-10,21-24H,5-8,11-12H2;2-4,11H,5-6H2,1H3;5-6H,1-4H2. The van der Waals surface area contributed by atoms with E-state index in [1.54, 1.807) is 40.6 Å². The van der Waals surface area contributed by atoms with E-state index >= 15 is 0 Å². The molecule has 8 N–H and O–H groups in total. The topological polar surface area (TPSA) is 195 Å². The number of phenolic OH excluding ortho intramolecular Hbond substituents is 4. The summed E-state index contributed by atoms with van der Waals surface area (Å²) in [5, 5.41) is 62.5. The Morgan fingerprint density at radius 1 is 0.400 bits per heavy atom. The zero-order valence-electron chi connectivity index (χ0n) is 41.1. The van der Waals surface area contributed by atoms with Gasteiger partial charge in [0.25, 0.3) is 0 Å². The number of phenols is 4. The second kappa shape index (κ2) is 29.6. The van der Waals surface area contributed by atoms with Gasteiger partial charge in [0, 0.05) is 122 Å². The first-order valence-corrected chi connectivity index (χ1v) is 24.2. The monoisotopic (exact) mass is 989 g/mol. The van der Waals surface area contributed by atoms with Crippen molar-refractivity contribution >= 4 is 11.6 Å². The van der Waals surface area contributed by atoms with Gasteiger partial charge in [0.2, 0.25) is 0 Å². The van der Waals surface area contributed by atoms with Crippen LogP contribution in [0.5, 0.6) is 46.0 Å². The molecular weight excluding hydrogens is 916 g/mol. The summed E-state index contributed by atoms with van der Waals surface area (Å²) in [7, 11) is 6.55. The average Bonchev–Trinajstić information content (AvgIpc) is 3.40. The number of aliphatic hydroxyl groups excluding tert-OH is 2. The third-order valence-electron chi connectivity index (χ3n) is 12.2. The average molecular weight is 990 g/mol. The predicted molar refractivity (Wildman–Crippen MR) is 273 cm³/mol. The zero-order valence-corrected chi connectivity index (χ0v) is 41.8. The number of aliphatic hydroxyl groups is 2. The van der Waals surface area contributed by atoms with Crippen LogP contribution in [0.2, 0.25) is 0 Å². The lowest BCUT2D eigenvalue weighted by Crippen LogP contribution is -2.45. The lowest BCUT2D eigenvalue weighted by atomic mass is 10.1. The highest BCUT2D eigenvalue weighted by molar-refractivity contribution is 6.17. The van der Waals surface area contributed by atoms with E-state index < -0.39 is 0 Å². The summed E-state index contributed by atoms with van der Waals surface area (Å²) in [4.78, 5) is 9.53. The molecule has 70 heavy (non-hydrogen) atoms. The van der Waals surface area contributed by atoms with Crippen LogP contribution in [0.4, 0.5) is 0 Å². The van der Waals surface area contributed by atoms with Crippen molar-refractivity contribution < 1.29 is 49.6 Å². The molecule has 0 aliphatic carbocycles. The molecule has 0 radical (unpaired) electrons. The van der Waals surface area contributed by atoms with Crippen LogP contribution < -0.4 is 29.6 Å². The van der Waals surface area contributed by atoms with E-state index in [9.17, 15) is 25.5 Å². The zero-order chi connectivity index (χ0) is 50.3. The van der Waals surface area contributed by atoms with Gasteiger partial charge >= 0.3 is 0 Å². The molecule has 3 fully saturated rings. The summed E-state index contributed by atoms with van der Waals surface area (Å²) >= 11 is 5.63. The Kier molecular flexibility index (Phi) is 23.4. The Bertz CT molecular complexity index is 2190. The maximum absolute atomic E-state index is 9.56. The predicted octanol–water partition coefficient (Wildman–Crippen LogP) is 5.45. The number of nitrogens with one attached hydrogen (secondary N) is 2. The first kappa shape index (κ1) is 55.4. The molecule has 382 valence electrons. The highest BCUT2D eigenvalue weighted by Crippen LogP contribution is 2.30. The number of methoxy groups -OCH3 is 4. The number of hydrogen-bond acceptors (Lipinski definition) is 16. The maximum Gasteiger partial charge on any atom is 0.161 e. The SMILES string of the molecule is C1CNCCN1.COc1cc(CCl)ccc1CO.COc1cc(CN2CCN(Cc3ccc(OC)c(OC)c3)CC2)ccc1CO.Oc1ccc(CN2CCN(Cc3ccc(O)c(O)c3)CC2)cc1O. The van der Waals surface area contributed by atoms with Gasteiger partial charge in [-0.25, -0.2) is 0 Å². The van der Waals surface area contributed by atoms with Crippen molar-refractivity contribution in [2.45, 2.75) is 45.3 Å². The number of rotatable bonds is 15. The molecule has 5 aromatic rings. The van der Waals surface area contributed by atoms with Crippen LogP contribution in [0.1, 0.15) is 38.9 Å². The van der Waals surface area contributed by atoms with Crippen LogP contribution in [-0.2, 0) is 45.3 Å². The molecule has 0 aromatic heterocycles. The Labute approximate surface area is 418 Å². The number of nitrogens with zero attached hydrogens (tertiary/aromatic N) is 4. The summed E-state index contributed by atoms with van der Waals surface area (Å²) in [6.07, 6.45) is 0. The van der Waals surface area contributed by atoms with Gasteiger partial charge in [-0.1, -0.05) is 42.5 Å². The van der Waals surface area contributed by atoms with E-state index in [4.69, 9.17) is 35.7 Å².